The monoisotopic (exact) mass is 411 g/mol. The maximum absolute atomic E-state index is 13.0. The first-order valence-electron chi connectivity index (χ1n) is 9.69. The molecule has 30 heavy (non-hydrogen) atoms. The van der Waals surface area contributed by atoms with Gasteiger partial charge >= 0.3 is 5.97 Å². The summed E-state index contributed by atoms with van der Waals surface area (Å²) in [5, 5.41) is 0. The van der Waals surface area contributed by atoms with Crippen LogP contribution in [0.25, 0.3) is 0 Å². The molecule has 8 heteroatoms. The molecule has 0 radical (unpaired) electrons. The third-order valence-electron chi connectivity index (χ3n) is 4.89. The Bertz CT molecular complexity index is 966. The molecule has 0 aromatic heterocycles. The van der Waals surface area contributed by atoms with E-state index < -0.39 is 5.97 Å². The van der Waals surface area contributed by atoms with Gasteiger partial charge in [0, 0.05) is 24.2 Å². The maximum Gasteiger partial charge on any atom is 0.339 e. The van der Waals surface area contributed by atoms with Crippen molar-refractivity contribution >= 4 is 17.7 Å². The number of carbonyl (C=O) groups is 3. The van der Waals surface area contributed by atoms with Gasteiger partial charge in [0.2, 0.25) is 0 Å². The van der Waals surface area contributed by atoms with Gasteiger partial charge in [-0.05, 0) is 24.3 Å². The van der Waals surface area contributed by atoms with Crippen LogP contribution < -0.4 is 9.47 Å². The van der Waals surface area contributed by atoms with E-state index in [1.54, 1.807) is 41.3 Å². The minimum absolute atomic E-state index is 0.104. The van der Waals surface area contributed by atoms with Crippen LogP contribution >= 0.6 is 0 Å². The topological polar surface area (TPSA) is 91.4 Å². The lowest BCUT2D eigenvalue weighted by atomic mass is 9.98. The number of rotatable bonds is 5. The van der Waals surface area contributed by atoms with Crippen molar-refractivity contribution in [2.24, 2.45) is 0 Å². The number of fused-ring (bicyclic) bond motifs is 1. The molecule has 0 spiro atoms. The van der Waals surface area contributed by atoms with Crippen molar-refractivity contribution in [3.8, 4) is 11.5 Å². The number of morpholine rings is 1. The van der Waals surface area contributed by atoms with E-state index in [2.05, 4.69) is 0 Å². The SMILES string of the molecule is O=C(OCC(=O)N1CCOCC1)c1ccccc1C(=O)c1ccc2c(c1)OCCO2. The minimum atomic E-state index is -0.724. The predicted molar refractivity (Wildman–Crippen MR) is 105 cm³/mol. The Hall–Kier alpha value is -3.39. The van der Waals surface area contributed by atoms with Crippen LogP contribution in [-0.4, -0.2) is 68.7 Å². The lowest BCUT2D eigenvalue weighted by molar-refractivity contribution is -0.138. The molecule has 4 rings (SSSR count). The molecular formula is C22H21NO7. The highest BCUT2D eigenvalue weighted by Gasteiger charge is 2.23. The van der Waals surface area contributed by atoms with E-state index in [-0.39, 0.29) is 29.4 Å². The second-order valence-corrected chi connectivity index (χ2v) is 6.80. The molecule has 0 atom stereocenters. The predicted octanol–water partition coefficient (Wildman–Crippen LogP) is 1.70. The summed E-state index contributed by atoms with van der Waals surface area (Å²) in [4.78, 5) is 39.5. The Morgan fingerprint density at radius 1 is 0.867 bits per heavy atom. The normalized spacial score (nSPS) is 15.4. The van der Waals surface area contributed by atoms with E-state index in [4.69, 9.17) is 18.9 Å². The van der Waals surface area contributed by atoms with E-state index in [1.165, 1.54) is 6.07 Å². The quantitative estimate of drug-likeness (QED) is 0.546. The van der Waals surface area contributed by atoms with Crippen molar-refractivity contribution in [2.45, 2.75) is 0 Å². The second-order valence-electron chi connectivity index (χ2n) is 6.80. The Kier molecular flexibility index (Phi) is 5.94. The summed E-state index contributed by atoms with van der Waals surface area (Å²) < 4.78 is 21.4. The third kappa shape index (κ3) is 4.28. The molecule has 0 aliphatic carbocycles. The Balaban J connectivity index is 1.48. The van der Waals surface area contributed by atoms with Gasteiger partial charge in [0.05, 0.1) is 18.8 Å². The van der Waals surface area contributed by atoms with Gasteiger partial charge in [-0.2, -0.15) is 0 Å². The number of hydrogen-bond donors (Lipinski definition) is 0. The van der Waals surface area contributed by atoms with Gasteiger partial charge in [-0.1, -0.05) is 18.2 Å². The molecule has 0 unspecified atom stereocenters. The Morgan fingerprint density at radius 2 is 1.57 bits per heavy atom. The number of ether oxygens (including phenoxy) is 4. The molecule has 1 fully saturated rings. The number of nitrogens with zero attached hydrogens (tertiary/aromatic N) is 1. The molecule has 0 saturated carbocycles. The van der Waals surface area contributed by atoms with E-state index in [1.807, 2.05) is 0 Å². The number of hydrogen-bond acceptors (Lipinski definition) is 7. The van der Waals surface area contributed by atoms with E-state index in [0.29, 0.717) is 56.6 Å². The summed E-state index contributed by atoms with van der Waals surface area (Å²) in [7, 11) is 0. The van der Waals surface area contributed by atoms with Crippen LogP contribution in [0, 0.1) is 0 Å². The Morgan fingerprint density at radius 3 is 2.33 bits per heavy atom. The number of ketones is 1. The maximum atomic E-state index is 13.0. The summed E-state index contributed by atoms with van der Waals surface area (Å²) in [6.45, 7) is 2.35. The lowest BCUT2D eigenvalue weighted by Crippen LogP contribution is -2.42. The highest BCUT2D eigenvalue weighted by molar-refractivity contribution is 6.14. The Labute approximate surface area is 173 Å². The average molecular weight is 411 g/mol. The first kappa shape index (κ1) is 19.9. The van der Waals surface area contributed by atoms with Crippen molar-refractivity contribution in [3.63, 3.8) is 0 Å². The first-order chi connectivity index (χ1) is 14.6. The first-order valence-corrected chi connectivity index (χ1v) is 9.69. The zero-order valence-corrected chi connectivity index (χ0v) is 16.3. The summed E-state index contributed by atoms with van der Waals surface area (Å²) in [5.74, 6) is -0.296. The van der Waals surface area contributed by atoms with Crippen molar-refractivity contribution in [2.75, 3.05) is 46.1 Å². The van der Waals surface area contributed by atoms with E-state index >= 15 is 0 Å². The van der Waals surface area contributed by atoms with Crippen LogP contribution in [0.4, 0.5) is 0 Å². The van der Waals surface area contributed by atoms with Gasteiger partial charge in [0.15, 0.2) is 23.9 Å². The van der Waals surface area contributed by atoms with Crippen molar-refractivity contribution < 1.29 is 33.3 Å². The molecule has 2 aromatic carbocycles. The molecule has 156 valence electrons. The van der Waals surface area contributed by atoms with Crippen molar-refractivity contribution in [1.82, 2.24) is 4.90 Å². The van der Waals surface area contributed by atoms with Gasteiger partial charge in [0.25, 0.3) is 5.91 Å². The summed E-state index contributed by atoms with van der Waals surface area (Å²) in [5.41, 5.74) is 0.661. The van der Waals surface area contributed by atoms with Gasteiger partial charge in [-0.25, -0.2) is 4.79 Å². The molecule has 0 bridgehead atoms. The zero-order chi connectivity index (χ0) is 20.9. The molecular weight excluding hydrogens is 390 g/mol. The highest BCUT2D eigenvalue weighted by Crippen LogP contribution is 2.31. The molecule has 2 aromatic rings. The number of esters is 1. The standard InChI is InChI=1S/C22H21NO7/c24-20(23-7-9-27-10-8-23)14-30-22(26)17-4-2-1-3-16(17)21(25)15-5-6-18-19(13-15)29-12-11-28-18/h1-6,13H,7-12,14H2. The van der Waals surface area contributed by atoms with Gasteiger partial charge in [-0.3, -0.25) is 9.59 Å². The van der Waals surface area contributed by atoms with E-state index in [9.17, 15) is 14.4 Å². The second kappa shape index (κ2) is 8.96. The average Bonchev–Trinajstić information content (AvgIpc) is 2.82. The highest BCUT2D eigenvalue weighted by atomic mass is 16.6. The summed E-state index contributed by atoms with van der Waals surface area (Å²) in [6.07, 6.45) is 0. The van der Waals surface area contributed by atoms with Gasteiger partial charge in [-0.15, -0.1) is 0 Å². The zero-order valence-electron chi connectivity index (χ0n) is 16.3. The van der Waals surface area contributed by atoms with Crippen LogP contribution in [0.15, 0.2) is 42.5 Å². The number of carbonyl (C=O) groups excluding carboxylic acids is 3. The molecule has 1 saturated heterocycles. The molecule has 2 heterocycles. The minimum Gasteiger partial charge on any atom is -0.486 e. The molecule has 2 aliphatic heterocycles. The molecule has 0 N–H and O–H groups in total. The van der Waals surface area contributed by atoms with Crippen LogP contribution in [0.5, 0.6) is 11.5 Å². The molecule has 1 amide bonds. The van der Waals surface area contributed by atoms with Gasteiger partial charge < -0.3 is 23.8 Å². The smallest absolute Gasteiger partial charge is 0.339 e. The van der Waals surface area contributed by atoms with E-state index in [0.717, 1.165) is 0 Å². The van der Waals surface area contributed by atoms with Gasteiger partial charge in [0.1, 0.15) is 13.2 Å². The largest absolute Gasteiger partial charge is 0.486 e. The van der Waals surface area contributed by atoms with Crippen LogP contribution in [0.3, 0.4) is 0 Å². The molecule has 8 nitrogen and oxygen atoms in total. The van der Waals surface area contributed by atoms with Crippen LogP contribution in [0.1, 0.15) is 26.3 Å². The van der Waals surface area contributed by atoms with Crippen molar-refractivity contribution in [3.05, 3.63) is 59.2 Å². The fourth-order valence-corrected chi connectivity index (χ4v) is 3.31. The lowest BCUT2D eigenvalue weighted by Gasteiger charge is -2.26. The fraction of sp³-hybridized carbons (Fsp3) is 0.318. The van der Waals surface area contributed by atoms with Crippen molar-refractivity contribution in [1.29, 1.82) is 0 Å². The molecule has 2 aliphatic rings. The van der Waals surface area contributed by atoms with Crippen LogP contribution in [0.2, 0.25) is 0 Å². The fourth-order valence-electron chi connectivity index (χ4n) is 3.31. The summed E-state index contributed by atoms with van der Waals surface area (Å²) >= 11 is 0. The number of benzene rings is 2. The number of amides is 1. The third-order valence-corrected chi connectivity index (χ3v) is 4.89. The summed E-state index contributed by atoms with van der Waals surface area (Å²) in [6, 6.07) is 11.3. The van der Waals surface area contributed by atoms with Crippen LogP contribution in [-0.2, 0) is 14.3 Å².